The summed E-state index contributed by atoms with van der Waals surface area (Å²) in [6.07, 6.45) is 3.81. The molecule has 5 nitrogen and oxygen atoms in total. The molecule has 3 aliphatic heterocycles. The molecule has 3 aliphatic rings. The molecule has 0 saturated carbocycles. The zero-order chi connectivity index (χ0) is 18.3. The molecule has 5 heteroatoms. The Labute approximate surface area is 150 Å². The zero-order valence-electron chi connectivity index (χ0n) is 14.4. The van der Waals surface area contributed by atoms with Gasteiger partial charge in [-0.05, 0) is 26.0 Å². The first-order chi connectivity index (χ1) is 12.4. The number of ether oxygens (including phenoxy) is 1. The summed E-state index contributed by atoms with van der Waals surface area (Å²) in [6, 6.07) is 12.9. The minimum atomic E-state index is -0.747. The highest BCUT2D eigenvalue weighted by atomic mass is 16.5. The molecule has 2 aromatic carbocycles. The van der Waals surface area contributed by atoms with Crippen LogP contribution in [0.5, 0.6) is 0 Å². The number of fused-ring (bicyclic) bond motifs is 6. The molecule has 2 bridgehead atoms. The Kier molecular flexibility index (Phi) is 2.71. The normalized spacial score (nSPS) is 34.6. The minimum absolute atomic E-state index is 0.231. The van der Waals surface area contributed by atoms with Gasteiger partial charge < -0.3 is 4.74 Å². The average molecular weight is 344 g/mol. The van der Waals surface area contributed by atoms with Crippen molar-refractivity contribution in [1.29, 1.82) is 5.26 Å². The van der Waals surface area contributed by atoms with Crippen LogP contribution in [0.1, 0.15) is 19.4 Å². The van der Waals surface area contributed by atoms with Gasteiger partial charge in [0.2, 0.25) is 11.8 Å². The third-order valence-electron chi connectivity index (χ3n) is 5.99. The maximum Gasteiger partial charge on any atom is 0.241 e. The van der Waals surface area contributed by atoms with Crippen molar-refractivity contribution in [2.75, 3.05) is 4.90 Å². The van der Waals surface area contributed by atoms with Crippen LogP contribution in [-0.2, 0) is 14.3 Å². The van der Waals surface area contributed by atoms with Gasteiger partial charge in [0, 0.05) is 10.8 Å². The van der Waals surface area contributed by atoms with Gasteiger partial charge in [-0.1, -0.05) is 36.4 Å². The summed E-state index contributed by atoms with van der Waals surface area (Å²) in [5, 5.41) is 10.8. The van der Waals surface area contributed by atoms with Crippen LogP contribution in [0.4, 0.5) is 5.69 Å². The topological polar surface area (TPSA) is 70.4 Å². The molecular formula is C21H16N2O3. The van der Waals surface area contributed by atoms with Crippen LogP contribution in [0.25, 0.3) is 10.8 Å². The van der Waals surface area contributed by atoms with Crippen molar-refractivity contribution in [2.45, 2.75) is 25.0 Å². The summed E-state index contributed by atoms with van der Waals surface area (Å²) in [4.78, 5) is 27.8. The Morgan fingerprint density at radius 1 is 0.962 bits per heavy atom. The Bertz CT molecular complexity index is 1050. The molecule has 26 heavy (non-hydrogen) atoms. The van der Waals surface area contributed by atoms with E-state index >= 15 is 0 Å². The van der Waals surface area contributed by atoms with Crippen molar-refractivity contribution < 1.29 is 14.3 Å². The smallest absolute Gasteiger partial charge is 0.241 e. The molecule has 2 aromatic rings. The van der Waals surface area contributed by atoms with Crippen LogP contribution >= 0.6 is 0 Å². The number of imide groups is 1. The predicted octanol–water partition coefficient (Wildman–Crippen LogP) is 2.93. The molecule has 2 amide bonds. The number of carbonyl (C=O) groups is 2. The highest BCUT2D eigenvalue weighted by Gasteiger charge is 2.70. The van der Waals surface area contributed by atoms with Crippen molar-refractivity contribution in [1.82, 2.24) is 0 Å². The SMILES string of the molecule is CC12C=CC(C)(O1)[C@H]1C(=O)N(c3ccc(C#N)c4ccccc34)C(=O)[C@H]12. The average Bonchev–Trinajstić information content (AvgIpc) is 3.18. The maximum absolute atomic E-state index is 13.3. The van der Waals surface area contributed by atoms with Crippen molar-refractivity contribution >= 4 is 28.3 Å². The van der Waals surface area contributed by atoms with Gasteiger partial charge in [0.15, 0.2) is 0 Å². The number of nitriles is 1. The summed E-state index contributed by atoms with van der Waals surface area (Å²) in [7, 11) is 0. The lowest BCUT2D eigenvalue weighted by Crippen LogP contribution is -2.39. The molecule has 3 heterocycles. The molecule has 0 radical (unpaired) electrons. The molecule has 128 valence electrons. The van der Waals surface area contributed by atoms with Crippen LogP contribution in [0.3, 0.4) is 0 Å². The molecule has 0 N–H and O–H groups in total. The lowest BCUT2D eigenvalue weighted by Gasteiger charge is -2.26. The number of anilines is 1. The summed E-state index contributed by atoms with van der Waals surface area (Å²) < 4.78 is 6.04. The zero-order valence-corrected chi connectivity index (χ0v) is 14.4. The maximum atomic E-state index is 13.3. The summed E-state index contributed by atoms with van der Waals surface area (Å²) in [6.45, 7) is 3.73. The van der Waals surface area contributed by atoms with E-state index in [1.165, 1.54) is 4.90 Å². The summed E-state index contributed by atoms with van der Waals surface area (Å²) in [5.41, 5.74) is -0.435. The van der Waals surface area contributed by atoms with E-state index in [1.54, 1.807) is 12.1 Å². The van der Waals surface area contributed by atoms with E-state index in [4.69, 9.17) is 4.74 Å². The fourth-order valence-electron chi connectivity index (χ4n) is 4.84. The van der Waals surface area contributed by atoms with Crippen LogP contribution < -0.4 is 4.90 Å². The van der Waals surface area contributed by atoms with Crippen molar-refractivity contribution in [3.63, 3.8) is 0 Å². The minimum Gasteiger partial charge on any atom is -0.359 e. The van der Waals surface area contributed by atoms with E-state index in [-0.39, 0.29) is 11.8 Å². The monoisotopic (exact) mass is 344 g/mol. The highest BCUT2D eigenvalue weighted by Crippen LogP contribution is 2.57. The lowest BCUT2D eigenvalue weighted by atomic mass is 9.73. The Balaban J connectivity index is 1.70. The second kappa shape index (κ2) is 4.60. The second-order valence-electron chi connectivity index (χ2n) is 7.56. The number of hydrogen-bond acceptors (Lipinski definition) is 4. The van der Waals surface area contributed by atoms with E-state index in [9.17, 15) is 14.9 Å². The van der Waals surface area contributed by atoms with Crippen LogP contribution in [0.15, 0.2) is 48.6 Å². The Morgan fingerprint density at radius 2 is 1.54 bits per heavy atom. The number of amides is 2. The third-order valence-corrected chi connectivity index (χ3v) is 5.99. The largest absolute Gasteiger partial charge is 0.359 e. The molecular weight excluding hydrogens is 328 g/mol. The van der Waals surface area contributed by atoms with Gasteiger partial charge in [-0.2, -0.15) is 5.26 Å². The molecule has 0 spiro atoms. The van der Waals surface area contributed by atoms with E-state index in [0.717, 1.165) is 10.8 Å². The molecule has 5 rings (SSSR count). The van der Waals surface area contributed by atoms with E-state index < -0.39 is 23.0 Å². The molecule has 0 aromatic heterocycles. The van der Waals surface area contributed by atoms with Crippen molar-refractivity contribution in [3.05, 3.63) is 54.1 Å². The quantitative estimate of drug-likeness (QED) is 0.589. The van der Waals surface area contributed by atoms with E-state index in [0.29, 0.717) is 11.3 Å². The van der Waals surface area contributed by atoms with Gasteiger partial charge in [-0.25, -0.2) is 4.90 Å². The number of rotatable bonds is 1. The molecule has 4 atom stereocenters. The Hall–Kier alpha value is -2.97. The van der Waals surface area contributed by atoms with Crippen molar-refractivity contribution in [2.24, 2.45) is 11.8 Å². The van der Waals surface area contributed by atoms with Crippen molar-refractivity contribution in [3.8, 4) is 6.07 Å². The number of carbonyl (C=O) groups excluding carboxylic acids is 2. The molecule has 2 saturated heterocycles. The van der Waals surface area contributed by atoms with E-state index in [2.05, 4.69) is 6.07 Å². The van der Waals surface area contributed by atoms with Gasteiger partial charge in [-0.3, -0.25) is 9.59 Å². The van der Waals surface area contributed by atoms with E-state index in [1.807, 2.05) is 50.3 Å². The molecule has 0 aliphatic carbocycles. The summed E-state index contributed by atoms with van der Waals surface area (Å²) >= 11 is 0. The number of nitrogens with zero attached hydrogens (tertiary/aromatic N) is 2. The molecule has 2 unspecified atom stereocenters. The second-order valence-corrected chi connectivity index (χ2v) is 7.56. The fraction of sp³-hybridized carbons (Fsp3) is 0.286. The predicted molar refractivity (Wildman–Crippen MR) is 95.2 cm³/mol. The van der Waals surface area contributed by atoms with Crippen LogP contribution in [0.2, 0.25) is 0 Å². The van der Waals surface area contributed by atoms with Crippen LogP contribution in [0, 0.1) is 23.2 Å². The molecule has 2 fully saturated rings. The number of hydrogen-bond donors (Lipinski definition) is 0. The summed E-state index contributed by atoms with van der Waals surface area (Å²) in [5.74, 6) is -1.49. The first kappa shape index (κ1) is 15.3. The van der Waals surface area contributed by atoms with Gasteiger partial charge in [-0.15, -0.1) is 0 Å². The third kappa shape index (κ3) is 1.63. The van der Waals surface area contributed by atoms with Gasteiger partial charge in [0.25, 0.3) is 0 Å². The van der Waals surface area contributed by atoms with Crippen LogP contribution in [-0.4, -0.2) is 23.0 Å². The standard InChI is InChI=1S/C21H16N2O3/c1-20-9-10-21(2,26-20)17-16(20)18(24)23(19(17)25)15-8-7-12(11-22)13-5-3-4-6-14(13)15/h3-10,16-17H,1-2H3/t16-,17+,20?,21?. The Morgan fingerprint density at radius 3 is 2.12 bits per heavy atom. The fourth-order valence-corrected chi connectivity index (χ4v) is 4.84. The lowest BCUT2D eigenvalue weighted by molar-refractivity contribution is -0.128. The first-order valence-electron chi connectivity index (χ1n) is 8.60. The number of benzene rings is 2. The highest BCUT2D eigenvalue weighted by molar-refractivity contribution is 6.26. The van der Waals surface area contributed by atoms with Gasteiger partial charge in [0.05, 0.1) is 40.4 Å². The van der Waals surface area contributed by atoms with Gasteiger partial charge >= 0.3 is 0 Å². The first-order valence-corrected chi connectivity index (χ1v) is 8.60. The van der Waals surface area contributed by atoms with Gasteiger partial charge in [0.1, 0.15) is 0 Å².